The molecule has 0 saturated carbocycles. The Kier molecular flexibility index (Phi) is 6.52. The lowest BCUT2D eigenvalue weighted by atomic mass is 10.1. The largest absolute Gasteiger partial charge is 0.357 e. The Bertz CT molecular complexity index is 666. The maximum atomic E-state index is 13.6. The van der Waals surface area contributed by atoms with E-state index in [9.17, 15) is 4.39 Å². The third-order valence-electron chi connectivity index (χ3n) is 3.30. The van der Waals surface area contributed by atoms with Gasteiger partial charge in [0.2, 0.25) is 0 Å². The van der Waals surface area contributed by atoms with Crippen LogP contribution in [-0.2, 0) is 13.0 Å². The summed E-state index contributed by atoms with van der Waals surface area (Å²) in [4.78, 5) is 10.1. The monoisotopic (exact) mass is 334 g/mol. The third kappa shape index (κ3) is 5.63. The van der Waals surface area contributed by atoms with Gasteiger partial charge in [-0.25, -0.2) is 14.4 Å². The van der Waals surface area contributed by atoms with Crippen LogP contribution in [0.25, 0.3) is 0 Å². The van der Waals surface area contributed by atoms with E-state index in [1.54, 1.807) is 30.4 Å². The maximum Gasteiger partial charge on any atom is 0.191 e. The number of hydrogen-bond acceptors (Lipinski definition) is 3. The van der Waals surface area contributed by atoms with E-state index in [1.165, 1.54) is 4.88 Å². The highest BCUT2D eigenvalue weighted by molar-refractivity contribution is 7.11. The number of guanidine groups is 1. The Morgan fingerprint density at radius 2 is 2.13 bits per heavy atom. The highest BCUT2D eigenvalue weighted by atomic mass is 32.1. The number of thiazole rings is 1. The Hall–Kier alpha value is -1.95. The lowest BCUT2D eigenvalue weighted by molar-refractivity contribution is 0.616. The van der Waals surface area contributed by atoms with Crippen LogP contribution in [0.15, 0.2) is 29.4 Å². The van der Waals surface area contributed by atoms with Gasteiger partial charge in [-0.1, -0.05) is 12.1 Å². The maximum absolute atomic E-state index is 13.6. The molecule has 124 valence electrons. The molecule has 0 unspecified atom stereocenters. The van der Waals surface area contributed by atoms with Gasteiger partial charge >= 0.3 is 0 Å². The van der Waals surface area contributed by atoms with Crippen molar-refractivity contribution in [3.05, 3.63) is 51.2 Å². The predicted molar refractivity (Wildman–Crippen MR) is 94.5 cm³/mol. The van der Waals surface area contributed by atoms with Crippen LogP contribution in [0, 0.1) is 19.7 Å². The summed E-state index contributed by atoms with van der Waals surface area (Å²) < 4.78 is 13.6. The Morgan fingerprint density at radius 1 is 1.30 bits per heavy atom. The quantitative estimate of drug-likeness (QED) is 0.630. The van der Waals surface area contributed by atoms with Crippen molar-refractivity contribution in [2.45, 2.75) is 33.7 Å². The van der Waals surface area contributed by atoms with Gasteiger partial charge in [0.15, 0.2) is 5.96 Å². The highest BCUT2D eigenvalue weighted by Crippen LogP contribution is 2.11. The lowest BCUT2D eigenvalue weighted by Gasteiger charge is -2.10. The van der Waals surface area contributed by atoms with Crippen LogP contribution >= 0.6 is 11.3 Å². The molecular weight excluding hydrogens is 311 g/mol. The van der Waals surface area contributed by atoms with Gasteiger partial charge in [-0.15, -0.1) is 11.3 Å². The molecular formula is C17H23FN4S. The van der Waals surface area contributed by atoms with Crippen molar-refractivity contribution in [2.24, 2.45) is 4.99 Å². The van der Waals surface area contributed by atoms with Crippen LogP contribution in [0.3, 0.4) is 0 Å². The van der Waals surface area contributed by atoms with Crippen molar-refractivity contribution in [2.75, 3.05) is 13.1 Å². The van der Waals surface area contributed by atoms with Gasteiger partial charge in [-0.3, -0.25) is 0 Å². The molecule has 2 aromatic rings. The molecule has 2 N–H and O–H groups in total. The fourth-order valence-electron chi connectivity index (χ4n) is 2.05. The molecule has 1 aromatic carbocycles. The van der Waals surface area contributed by atoms with E-state index in [-0.39, 0.29) is 5.82 Å². The van der Waals surface area contributed by atoms with Crippen molar-refractivity contribution in [3.8, 4) is 0 Å². The topological polar surface area (TPSA) is 49.3 Å². The van der Waals surface area contributed by atoms with Gasteiger partial charge in [0.1, 0.15) is 5.82 Å². The first-order valence-corrected chi connectivity index (χ1v) is 8.58. The predicted octanol–water partition coefficient (Wildman–Crippen LogP) is 3.20. The average molecular weight is 334 g/mol. The third-order valence-corrected chi connectivity index (χ3v) is 4.27. The van der Waals surface area contributed by atoms with Crippen LogP contribution in [0.5, 0.6) is 0 Å². The number of rotatable bonds is 6. The number of halogens is 1. The molecule has 1 aromatic heterocycles. The number of aryl methyl sites for hydroxylation is 2. The fraction of sp³-hybridized carbons (Fsp3) is 0.412. The minimum absolute atomic E-state index is 0.185. The van der Waals surface area contributed by atoms with Gasteiger partial charge in [0.05, 0.1) is 11.6 Å². The molecule has 0 aliphatic carbocycles. The summed E-state index contributed by atoms with van der Waals surface area (Å²) in [6.07, 6.45) is 2.76. The van der Waals surface area contributed by atoms with E-state index in [0.717, 1.165) is 36.0 Å². The zero-order valence-corrected chi connectivity index (χ0v) is 14.6. The molecule has 0 aliphatic rings. The Labute approximate surface area is 140 Å². The van der Waals surface area contributed by atoms with Gasteiger partial charge < -0.3 is 10.6 Å². The van der Waals surface area contributed by atoms with Crippen molar-refractivity contribution < 1.29 is 4.39 Å². The molecule has 0 atom stereocenters. The second-order valence-corrected chi connectivity index (χ2v) is 6.64. The van der Waals surface area contributed by atoms with E-state index in [0.29, 0.717) is 12.1 Å². The van der Waals surface area contributed by atoms with E-state index < -0.39 is 0 Å². The zero-order chi connectivity index (χ0) is 16.7. The Balaban J connectivity index is 1.89. The lowest BCUT2D eigenvalue weighted by Crippen LogP contribution is -2.38. The van der Waals surface area contributed by atoms with Gasteiger partial charge in [-0.05, 0) is 38.0 Å². The van der Waals surface area contributed by atoms with E-state index in [1.807, 2.05) is 19.2 Å². The van der Waals surface area contributed by atoms with E-state index in [4.69, 9.17) is 0 Å². The molecule has 0 aliphatic heterocycles. The standard InChI is InChI=1S/C17H23FN4S/c1-4-19-17(20-8-7-16-21-10-13(3)23-16)22-11-14-6-5-12(2)15(18)9-14/h5-6,9-10H,4,7-8,11H2,1-3H3,(H2,19,20,22). The molecule has 0 fully saturated rings. The second-order valence-electron chi connectivity index (χ2n) is 5.32. The summed E-state index contributed by atoms with van der Waals surface area (Å²) >= 11 is 1.71. The van der Waals surface area contributed by atoms with E-state index in [2.05, 4.69) is 27.5 Å². The molecule has 0 amide bonds. The van der Waals surface area contributed by atoms with Crippen LogP contribution in [-0.4, -0.2) is 24.0 Å². The van der Waals surface area contributed by atoms with Gasteiger partial charge in [-0.2, -0.15) is 0 Å². The van der Waals surface area contributed by atoms with Crippen molar-refractivity contribution in [1.29, 1.82) is 0 Å². The molecule has 1 heterocycles. The normalized spacial score (nSPS) is 11.6. The average Bonchev–Trinajstić information content (AvgIpc) is 2.93. The summed E-state index contributed by atoms with van der Waals surface area (Å²) in [6, 6.07) is 5.23. The molecule has 0 radical (unpaired) electrons. The SMILES string of the molecule is CCNC(=NCc1ccc(C)c(F)c1)NCCc1ncc(C)s1. The van der Waals surface area contributed by atoms with Crippen LogP contribution < -0.4 is 10.6 Å². The molecule has 6 heteroatoms. The summed E-state index contributed by atoms with van der Waals surface area (Å²) in [5.41, 5.74) is 1.52. The van der Waals surface area contributed by atoms with Crippen LogP contribution in [0.4, 0.5) is 4.39 Å². The van der Waals surface area contributed by atoms with Gasteiger partial charge in [0.25, 0.3) is 0 Å². The van der Waals surface area contributed by atoms with Gasteiger partial charge in [0, 0.05) is 30.6 Å². The molecule has 0 saturated heterocycles. The van der Waals surface area contributed by atoms with Crippen molar-refractivity contribution >= 4 is 17.3 Å². The molecule has 0 bridgehead atoms. The Morgan fingerprint density at radius 3 is 2.78 bits per heavy atom. The minimum Gasteiger partial charge on any atom is -0.357 e. The summed E-state index contributed by atoms with van der Waals surface area (Å²) in [5, 5.41) is 7.60. The number of nitrogens with one attached hydrogen (secondary N) is 2. The van der Waals surface area contributed by atoms with Crippen LogP contribution in [0.2, 0.25) is 0 Å². The number of aliphatic imine (C=N–C) groups is 1. The number of hydrogen-bond donors (Lipinski definition) is 2. The molecule has 0 spiro atoms. The minimum atomic E-state index is -0.185. The second kappa shape index (κ2) is 8.62. The number of benzene rings is 1. The van der Waals surface area contributed by atoms with E-state index >= 15 is 0 Å². The first-order valence-electron chi connectivity index (χ1n) is 7.77. The molecule has 23 heavy (non-hydrogen) atoms. The smallest absolute Gasteiger partial charge is 0.191 e. The first kappa shape index (κ1) is 17.4. The fourth-order valence-corrected chi connectivity index (χ4v) is 2.84. The molecule has 4 nitrogen and oxygen atoms in total. The van der Waals surface area contributed by atoms with Crippen molar-refractivity contribution in [3.63, 3.8) is 0 Å². The highest BCUT2D eigenvalue weighted by Gasteiger charge is 2.02. The summed E-state index contributed by atoms with van der Waals surface area (Å²) in [5.74, 6) is 0.552. The number of nitrogens with zero attached hydrogens (tertiary/aromatic N) is 2. The summed E-state index contributed by atoms with van der Waals surface area (Å²) in [6.45, 7) is 7.83. The number of aromatic nitrogens is 1. The van der Waals surface area contributed by atoms with Crippen LogP contribution in [0.1, 0.15) is 27.9 Å². The first-order chi connectivity index (χ1) is 11.1. The zero-order valence-electron chi connectivity index (χ0n) is 13.8. The molecule has 2 rings (SSSR count). The summed E-state index contributed by atoms with van der Waals surface area (Å²) in [7, 11) is 0. The van der Waals surface area contributed by atoms with Crippen molar-refractivity contribution in [1.82, 2.24) is 15.6 Å².